The maximum Gasteiger partial charge on any atom is 0.294 e. The first kappa shape index (κ1) is 12.6. The highest BCUT2D eigenvalue weighted by Crippen LogP contribution is 2.08. The molecule has 6 nitrogen and oxygen atoms in total. The van der Waals surface area contributed by atoms with Gasteiger partial charge in [0.1, 0.15) is 0 Å². The van der Waals surface area contributed by atoms with E-state index in [4.69, 9.17) is 10.3 Å². The third kappa shape index (κ3) is 3.93. The summed E-state index contributed by atoms with van der Waals surface area (Å²) < 4.78 is 30.2. The molecule has 8 heteroatoms. The highest BCUT2D eigenvalue weighted by atomic mass is 32.2. The SMILES string of the molecule is NC(=S)NN=Cc1ccc(S(=O)(=O)O)cc1. The first-order valence-electron chi connectivity index (χ1n) is 4.05. The molecule has 0 spiro atoms. The molecule has 0 amide bonds. The van der Waals surface area contributed by atoms with Gasteiger partial charge in [-0.3, -0.25) is 9.98 Å². The lowest BCUT2D eigenvalue weighted by Crippen LogP contribution is -2.23. The Morgan fingerprint density at radius 2 is 2.00 bits per heavy atom. The van der Waals surface area contributed by atoms with E-state index in [2.05, 4.69) is 22.7 Å². The van der Waals surface area contributed by atoms with Gasteiger partial charge in [0, 0.05) is 0 Å². The Hall–Kier alpha value is -1.51. The zero-order valence-corrected chi connectivity index (χ0v) is 9.62. The molecule has 0 saturated carbocycles. The monoisotopic (exact) mass is 259 g/mol. The van der Waals surface area contributed by atoms with Crippen LogP contribution in [0.15, 0.2) is 34.3 Å². The van der Waals surface area contributed by atoms with Crippen molar-refractivity contribution in [3.05, 3.63) is 29.8 Å². The lowest BCUT2D eigenvalue weighted by Gasteiger charge is -1.97. The van der Waals surface area contributed by atoms with Crippen LogP contribution in [0.4, 0.5) is 0 Å². The van der Waals surface area contributed by atoms with E-state index in [-0.39, 0.29) is 10.0 Å². The minimum atomic E-state index is -4.15. The van der Waals surface area contributed by atoms with Gasteiger partial charge in [0.25, 0.3) is 10.1 Å². The molecule has 0 radical (unpaired) electrons. The molecule has 0 fully saturated rings. The van der Waals surface area contributed by atoms with E-state index in [1.165, 1.54) is 30.5 Å². The second-order valence-corrected chi connectivity index (χ2v) is 4.64. The zero-order valence-electron chi connectivity index (χ0n) is 7.99. The zero-order chi connectivity index (χ0) is 12.2. The van der Waals surface area contributed by atoms with Crippen LogP contribution in [-0.2, 0) is 10.1 Å². The second kappa shape index (κ2) is 5.01. The molecule has 86 valence electrons. The highest BCUT2D eigenvalue weighted by molar-refractivity contribution is 7.85. The molecule has 0 aromatic heterocycles. The van der Waals surface area contributed by atoms with Crippen LogP contribution in [-0.4, -0.2) is 24.3 Å². The molecule has 0 heterocycles. The first-order valence-corrected chi connectivity index (χ1v) is 5.90. The van der Waals surface area contributed by atoms with Crippen molar-refractivity contribution in [2.45, 2.75) is 4.90 Å². The molecule has 1 aromatic rings. The summed E-state index contributed by atoms with van der Waals surface area (Å²) in [5.41, 5.74) is 8.12. The predicted octanol–water partition coefficient (Wildman–Crippen LogP) is 0.100. The molecule has 16 heavy (non-hydrogen) atoms. The van der Waals surface area contributed by atoms with Crippen LogP contribution in [0.1, 0.15) is 5.56 Å². The minimum Gasteiger partial charge on any atom is -0.375 e. The van der Waals surface area contributed by atoms with E-state index < -0.39 is 10.1 Å². The quantitative estimate of drug-likeness (QED) is 0.308. The van der Waals surface area contributed by atoms with Crippen LogP contribution in [0.25, 0.3) is 0 Å². The molecule has 4 N–H and O–H groups in total. The molecule has 0 atom stereocenters. The largest absolute Gasteiger partial charge is 0.375 e. The van der Waals surface area contributed by atoms with Crippen molar-refractivity contribution < 1.29 is 13.0 Å². The summed E-state index contributed by atoms with van der Waals surface area (Å²) in [6.45, 7) is 0. The molecule has 0 aliphatic heterocycles. The summed E-state index contributed by atoms with van der Waals surface area (Å²) in [6, 6.07) is 5.48. The van der Waals surface area contributed by atoms with Gasteiger partial charge in [-0.25, -0.2) is 0 Å². The number of thiocarbonyl (C=S) groups is 1. The van der Waals surface area contributed by atoms with Crippen molar-refractivity contribution in [3.63, 3.8) is 0 Å². The number of benzene rings is 1. The molecule has 0 aliphatic rings. The fourth-order valence-corrected chi connectivity index (χ4v) is 1.43. The smallest absolute Gasteiger partial charge is 0.294 e. The lowest BCUT2D eigenvalue weighted by atomic mass is 10.2. The van der Waals surface area contributed by atoms with Crippen LogP contribution < -0.4 is 11.2 Å². The lowest BCUT2D eigenvalue weighted by molar-refractivity contribution is 0.483. The highest BCUT2D eigenvalue weighted by Gasteiger charge is 2.07. The maximum absolute atomic E-state index is 10.7. The van der Waals surface area contributed by atoms with Crippen LogP contribution in [0.5, 0.6) is 0 Å². The third-order valence-electron chi connectivity index (χ3n) is 1.57. The van der Waals surface area contributed by atoms with Crippen molar-refractivity contribution in [3.8, 4) is 0 Å². The molecule has 1 rings (SSSR count). The topological polar surface area (TPSA) is 105 Å². The Labute approximate surface area is 97.9 Å². The Bertz CT molecular complexity index is 508. The summed E-state index contributed by atoms with van der Waals surface area (Å²) in [5, 5.41) is 3.71. The summed E-state index contributed by atoms with van der Waals surface area (Å²) in [6.07, 6.45) is 1.41. The van der Waals surface area contributed by atoms with Gasteiger partial charge >= 0.3 is 0 Å². The average molecular weight is 259 g/mol. The van der Waals surface area contributed by atoms with E-state index in [1.807, 2.05) is 0 Å². The number of hydrogen-bond acceptors (Lipinski definition) is 4. The van der Waals surface area contributed by atoms with Crippen molar-refractivity contribution in [2.75, 3.05) is 0 Å². The van der Waals surface area contributed by atoms with Crippen molar-refractivity contribution in [1.29, 1.82) is 0 Å². The van der Waals surface area contributed by atoms with Gasteiger partial charge in [-0.2, -0.15) is 13.5 Å². The molecule has 1 aromatic carbocycles. The van der Waals surface area contributed by atoms with E-state index in [9.17, 15) is 8.42 Å². The Morgan fingerprint density at radius 3 is 2.44 bits per heavy atom. The van der Waals surface area contributed by atoms with E-state index in [1.54, 1.807) is 0 Å². The van der Waals surface area contributed by atoms with Crippen LogP contribution in [0, 0.1) is 0 Å². The standard InChI is InChI=1S/C8H9N3O3S2/c9-8(15)11-10-5-6-1-3-7(4-2-6)16(12,13)14/h1-5H,(H3,9,11,15)(H,12,13,14). The molecule has 0 unspecified atom stereocenters. The van der Waals surface area contributed by atoms with Gasteiger partial charge in [-0.1, -0.05) is 12.1 Å². The molecular formula is C8H9N3O3S2. The van der Waals surface area contributed by atoms with Crippen LogP contribution in [0.3, 0.4) is 0 Å². The fraction of sp³-hybridized carbons (Fsp3) is 0. The van der Waals surface area contributed by atoms with Crippen molar-refractivity contribution in [2.24, 2.45) is 10.8 Å². The summed E-state index contributed by atoms with van der Waals surface area (Å²) in [4.78, 5) is -0.174. The number of nitrogens with zero attached hydrogens (tertiary/aromatic N) is 1. The summed E-state index contributed by atoms with van der Waals surface area (Å²) >= 11 is 4.52. The number of nitrogens with one attached hydrogen (secondary N) is 1. The number of nitrogens with two attached hydrogens (primary N) is 1. The third-order valence-corrected chi connectivity index (χ3v) is 2.53. The summed E-state index contributed by atoms with van der Waals surface area (Å²) in [5.74, 6) is 0. The maximum atomic E-state index is 10.7. The van der Waals surface area contributed by atoms with Crippen LogP contribution >= 0.6 is 12.2 Å². The van der Waals surface area contributed by atoms with Crippen molar-refractivity contribution >= 4 is 33.7 Å². The van der Waals surface area contributed by atoms with E-state index in [0.29, 0.717) is 5.56 Å². The number of rotatable bonds is 3. The Balaban J connectivity index is 2.80. The van der Waals surface area contributed by atoms with Gasteiger partial charge in [0.15, 0.2) is 5.11 Å². The van der Waals surface area contributed by atoms with Crippen LogP contribution in [0.2, 0.25) is 0 Å². The Morgan fingerprint density at radius 1 is 1.44 bits per heavy atom. The van der Waals surface area contributed by atoms with E-state index in [0.717, 1.165) is 0 Å². The van der Waals surface area contributed by atoms with Gasteiger partial charge < -0.3 is 5.73 Å². The van der Waals surface area contributed by atoms with Gasteiger partial charge in [0.05, 0.1) is 11.1 Å². The second-order valence-electron chi connectivity index (χ2n) is 2.78. The summed E-state index contributed by atoms with van der Waals surface area (Å²) in [7, 11) is -4.15. The number of hydrogen-bond donors (Lipinski definition) is 3. The van der Waals surface area contributed by atoms with Crippen molar-refractivity contribution in [1.82, 2.24) is 5.43 Å². The molecule has 0 aliphatic carbocycles. The van der Waals surface area contributed by atoms with Gasteiger partial charge in [0.2, 0.25) is 0 Å². The van der Waals surface area contributed by atoms with E-state index >= 15 is 0 Å². The molecule has 0 bridgehead atoms. The molecule has 0 saturated heterocycles. The predicted molar refractivity (Wildman–Crippen MR) is 63.8 cm³/mol. The fourth-order valence-electron chi connectivity index (χ4n) is 0.896. The average Bonchev–Trinajstić information content (AvgIpc) is 2.16. The first-order chi connectivity index (χ1) is 7.39. The minimum absolute atomic E-state index is 0.0332. The van der Waals surface area contributed by atoms with Gasteiger partial charge in [-0.05, 0) is 29.9 Å². The Kier molecular flexibility index (Phi) is 3.93. The molecular weight excluding hydrogens is 250 g/mol. The number of hydrazone groups is 1. The normalized spacial score (nSPS) is 11.6. The van der Waals surface area contributed by atoms with Gasteiger partial charge in [-0.15, -0.1) is 0 Å².